The summed E-state index contributed by atoms with van der Waals surface area (Å²) in [6.07, 6.45) is 13.6. The van der Waals surface area contributed by atoms with Gasteiger partial charge in [0.05, 0.1) is 23.9 Å². The zero-order chi connectivity index (χ0) is 25.4. The maximum absolute atomic E-state index is 6.25. The van der Waals surface area contributed by atoms with Crippen LogP contribution in [0.2, 0.25) is 0 Å². The number of pyridine rings is 1. The molecule has 6 rings (SSSR count). The first-order valence-electron chi connectivity index (χ1n) is 14.1. The molecule has 0 radical (unpaired) electrons. The van der Waals surface area contributed by atoms with Crippen molar-refractivity contribution < 1.29 is 4.74 Å². The molecule has 2 atom stereocenters. The topological polar surface area (TPSA) is 42.3 Å². The van der Waals surface area contributed by atoms with E-state index in [0.29, 0.717) is 12.1 Å². The lowest BCUT2D eigenvalue weighted by atomic mass is 9.94. The van der Waals surface area contributed by atoms with Gasteiger partial charge in [-0.2, -0.15) is 0 Å². The molecule has 2 saturated carbocycles. The maximum atomic E-state index is 6.25. The van der Waals surface area contributed by atoms with Crippen LogP contribution < -0.4 is 15.0 Å². The van der Waals surface area contributed by atoms with Crippen LogP contribution in [0.3, 0.4) is 0 Å². The molecule has 0 amide bonds. The van der Waals surface area contributed by atoms with Gasteiger partial charge in [-0.1, -0.05) is 25.3 Å². The summed E-state index contributed by atoms with van der Waals surface area (Å²) < 4.78 is 8.85. The minimum atomic E-state index is -0.0246. The van der Waals surface area contributed by atoms with Crippen molar-refractivity contribution in [2.75, 3.05) is 4.90 Å². The van der Waals surface area contributed by atoms with Gasteiger partial charge in [-0.05, 0) is 113 Å². The van der Waals surface area contributed by atoms with E-state index in [-0.39, 0.29) is 12.1 Å². The van der Waals surface area contributed by atoms with Crippen molar-refractivity contribution in [3.05, 3.63) is 77.4 Å². The lowest BCUT2D eigenvalue weighted by Crippen LogP contribution is -2.29. The predicted octanol–water partition coefficient (Wildman–Crippen LogP) is 7.50. The molecule has 6 heteroatoms. The van der Waals surface area contributed by atoms with Gasteiger partial charge in [-0.25, -0.2) is 0 Å². The quantitative estimate of drug-likeness (QED) is 0.345. The van der Waals surface area contributed by atoms with Gasteiger partial charge in [0.2, 0.25) is 0 Å². The van der Waals surface area contributed by atoms with E-state index < -0.39 is 0 Å². The highest BCUT2D eigenvalue weighted by atomic mass is 32.1. The molecule has 37 heavy (non-hydrogen) atoms. The van der Waals surface area contributed by atoms with Gasteiger partial charge in [0.25, 0.3) is 0 Å². The van der Waals surface area contributed by atoms with Crippen molar-refractivity contribution >= 4 is 23.0 Å². The van der Waals surface area contributed by atoms with E-state index in [1.54, 1.807) is 0 Å². The molecule has 3 fully saturated rings. The minimum absolute atomic E-state index is 0.0209. The Morgan fingerprint density at radius 3 is 2.35 bits per heavy atom. The van der Waals surface area contributed by atoms with Crippen LogP contribution in [-0.2, 0) is 0 Å². The van der Waals surface area contributed by atoms with Crippen LogP contribution in [0.25, 0.3) is 0 Å². The van der Waals surface area contributed by atoms with Crippen molar-refractivity contribution in [3.63, 3.8) is 0 Å². The predicted molar refractivity (Wildman–Crippen MR) is 153 cm³/mol. The molecular weight excluding hydrogens is 476 g/mol. The highest BCUT2D eigenvalue weighted by Crippen LogP contribution is 2.45. The number of rotatable bonds is 6. The lowest BCUT2D eigenvalue weighted by Gasteiger charge is -2.30. The van der Waals surface area contributed by atoms with Crippen molar-refractivity contribution in [2.45, 2.75) is 95.9 Å². The smallest absolute Gasteiger partial charge is 0.174 e. The summed E-state index contributed by atoms with van der Waals surface area (Å²) in [5, 5.41) is 4.37. The molecule has 3 aromatic rings. The lowest BCUT2D eigenvalue weighted by molar-refractivity contribution is 0.210. The van der Waals surface area contributed by atoms with Gasteiger partial charge in [-0.3, -0.25) is 4.98 Å². The summed E-state index contributed by atoms with van der Waals surface area (Å²) in [4.78, 5) is 7.04. The zero-order valence-corrected chi connectivity index (χ0v) is 22.8. The number of thiocarbonyl (C=S) groups is 1. The van der Waals surface area contributed by atoms with Crippen LogP contribution >= 0.6 is 12.2 Å². The summed E-state index contributed by atoms with van der Waals surface area (Å²) in [6.45, 7) is 4.56. The standard InChI is InChI=1S/C31H38N4OS/c1-21-20-27(22(2)34(21)23-10-4-3-5-11-23)30-29(28-14-8-9-19-32-28)33-31(37)35(30)24-15-17-26(18-16-24)36-25-12-6-7-13-25/h8-9,14-20,23,25,29-30H,3-7,10-13H2,1-2H3,(H,33,37)/t29-,30-/m1/s1. The molecule has 2 aromatic heterocycles. The van der Waals surface area contributed by atoms with Gasteiger partial charge < -0.3 is 19.5 Å². The van der Waals surface area contributed by atoms with Crippen LogP contribution in [-0.4, -0.2) is 20.8 Å². The van der Waals surface area contributed by atoms with E-state index in [9.17, 15) is 0 Å². The number of nitrogens with zero attached hydrogens (tertiary/aromatic N) is 3. The van der Waals surface area contributed by atoms with Gasteiger partial charge in [0, 0.05) is 29.3 Å². The van der Waals surface area contributed by atoms with Crippen molar-refractivity contribution in [1.82, 2.24) is 14.9 Å². The van der Waals surface area contributed by atoms with Crippen LogP contribution in [0, 0.1) is 13.8 Å². The number of hydrogen-bond donors (Lipinski definition) is 1. The van der Waals surface area contributed by atoms with E-state index in [2.05, 4.69) is 71.1 Å². The van der Waals surface area contributed by atoms with Gasteiger partial charge in [-0.15, -0.1) is 0 Å². The second kappa shape index (κ2) is 10.5. The molecule has 2 aliphatic carbocycles. The summed E-state index contributed by atoms with van der Waals surface area (Å²) in [7, 11) is 0. The number of aryl methyl sites for hydroxylation is 1. The number of benzene rings is 1. The molecule has 5 nitrogen and oxygen atoms in total. The number of hydrogen-bond acceptors (Lipinski definition) is 3. The summed E-state index contributed by atoms with van der Waals surface area (Å²) >= 11 is 5.98. The van der Waals surface area contributed by atoms with Crippen molar-refractivity contribution in [3.8, 4) is 5.75 Å². The second-order valence-corrected chi connectivity index (χ2v) is 11.4. The Labute approximate surface area is 226 Å². The zero-order valence-electron chi connectivity index (χ0n) is 22.0. The fourth-order valence-electron chi connectivity index (χ4n) is 6.84. The molecule has 1 saturated heterocycles. The summed E-state index contributed by atoms with van der Waals surface area (Å²) in [5.41, 5.74) is 6.13. The first-order valence-corrected chi connectivity index (χ1v) is 14.5. The van der Waals surface area contributed by atoms with Crippen LogP contribution in [0.15, 0.2) is 54.7 Å². The third-order valence-corrected chi connectivity index (χ3v) is 8.91. The molecule has 0 spiro atoms. The van der Waals surface area contributed by atoms with Gasteiger partial charge in [0.15, 0.2) is 5.11 Å². The van der Waals surface area contributed by atoms with Gasteiger partial charge in [0.1, 0.15) is 5.75 Å². The average molecular weight is 515 g/mol. The summed E-state index contributed by atoms with van der Waals surface area (Å²) in [6, 6.07) is 17.7. The Morgan fingerprint density at radius 1 is 0.919 bits per heavy atom. The monoisotopic (exact) mass is 514 g/mol. The van der Waals surface area contributed by atoms with E-state index in [1.807, 2.05) is 12.3 Å². The molecule has 1 aromatic carbocycles. The SMILES string of the molecule is Cc1cc([C@@H]2[C@@H](c3ccccn3)NC(=S)N2c2ccc(OC3CCCC3)cc2)c(C)n1C1CCCCC1. The highest BCUT2D eigenvalue weighted by Gasteiger charge is 2.42. The fraction of sp³-hybridized carbons (Fsp3) is 0.484. The van der Waals surface area contributed by atoms with E-state index >= 15 is 0 Å². The molecular formula is C31H38N4OS. The molecule has 194 valence electrons. The normalized spacial score (nSPS) is 23.0. The molecule has 3 aliphatic rings. The van der Waals surface area contributed by atoms with Gasteiger partial charge >= 0.3 is 0 Å². The van der Waals surface area contributed by atoms with E-state index in [0.717, 1.165) is 35.1 Å². The third kappa shape index (κ3) is 4.76. The molecule has 0 unspecified atom stereocenters. The first kappa shape index (κ1) is 24.5. The largest absolute Gasteiger partial charge is 0.490 e. The highest BCUT2D eigenvalue weighted by molar-refractivity contribution is 7.80. The molecule has 1 aliphatic heterocycles. The Kier molecular flexibility index (Phi) is 6.94. The number of nitrogens with one attached hydrogen (secondary N) is 1. The average Bonchev–Trinajstić information content (AvgIpc) is 3.63. The number of ether oxygens (including phenoxy) is 1. The van der Waals surface area contributed by atoms with E-state index in [4.69, 9.17) is 21.9 Å². The molecule has 1 N–H and O–H groups in total. The van der Waals surface area contributed by atoms with Crippen molar-refractivity contribution in [2.24, 2.45) is 0 Å². The van der Waals surface area contributed by atoms with Crippen LogP contribution in [0.1, 0.15) is 98.6 Å². The van der Waals surface area contributed by atoms with Crippen LogP contribution in [0.5, 0.6) is 5.75 Å². The summed E-state index contributed by atoms with van der Waals surface area (Å²) in [5.74, 6) is 0.946. The second-order valence-electron chi connectivity index (χ2n) is 11.0. The molecule has 3 heterocycles. The third-order valence-electron chi connectivity index (χ3n) is 8.60. The number of aromatic nitrogens is 2. The van der Waals surface area contributed by atoms with Crippen LogP contribution in [0.4, 0.5) is 5.69 Å². The fourth-order valence-corrected chi connectivity index (χ4v) is 7.18. The Hall–Kier alpha value is -2.86. The Bertz CT molecular complexity index is 1230. The number of anilines is 1. The Balaban J connectivity index is 1.37. The molecule has 0 bridgehead atoms. The first-order chi connectivity index (χ1) is 18.1. The maximum Gasteiger partial charge on any atom is 0.174 e. The Morgan fingerprint density at radius 2 is 1.65 bits per heavy atom. The van der Waals surface area contributed by atoms with E-state index in [1.165, 1.54) is 61.9 Å². The minimum Gasteiger partial charge on any atom is -0.490 e. The van der Waals surface area contributed by atoms with Crippen molar-refractivity contribution in [1.29, 1.82) is 0 Å².